The Morgan fingerprint density at radius 1 is 0.935 bits per heavy atom. The van der Waals surface area contributed by atoms with E-state index in [-0.39, 0.29) is 11.6 Å². The van der Waals surface area contributed by atoms with Crippen molar-refractivity contribution in [2.24, 2.45) is 0 Å². The lowest BCUT2D eigenvalue weighted by molar-refractivity contribution is -0.399. The molecule has 0 radical (unpaired) electrons. The average Bonchev–Trinajstić information content (AvgIpc) is 2.70. The molecule has 0 unspecified atom stereocenters. The van der Waals surface area contributed by atoms with E-state index in [9.17, 15) is 44.8 Å². The lowest BCUT2D eigenvalue weighted by Gasteiger charge is -2.34. The van der Waals surface area contributed by atoms with Gasteiger partial charge in [0.1, 0.15) is 17.5 Å². The number of nitrogens with zero attached hydrogens (tertiary/aromatic N) is 2. The molecule has 0 fully saturated rings. The van der Waals surface area contributed by atoms with Crippen molar-refractivity contribution in [2.45, 2.75) is 23.9 Å². The summed E-state index contributed by atoms with van der Waals surface area (Å²) in [6.07, 6.45) is -7.00. The number of rotatable bonds is 7. The minimum absolute atomic E-state index is 0.0157. The number of benzene rings is 1. The fourth-order valence-corrected chi connectivity index (χ4v) is 2.51. The smallest absolute Gasteiger partial charge is 0.395 e. The number of hydrogen-bond acceptors (Lipinski definition) is 4. The maximum atomic E-state index is 14.6. The summed E-state index contributed by atoms with van der Waals surface area (Å²) in [5, 5.41) is 20.2. The summed E-state index contributed by atoms with van der Waals surface area (Å²) >= 11 is 0. The van der Waals surface area contributed by atoms with Crippen LogP contribution < -0.4 is 5.32 Å². The number of halogens is 9. The van der Waals surface area contributed by atoms with Crippen molar-refractivity contribution in [3.05, 3.63) is 47.5 Å². The highest BCUT2D eigenvalue weighted by Gasteiger charge is 2.82. The molecule has 0 aliphatic heterocycles. The third-order valence-corrected chi connectivity index (χ3v) is 4.09. The monoisotopic (exact) mass is 457 g/mol. The van der Waals surface area contributed by atoms with Crippen LogP contribution >= 0.6 is 0 Å². The quantitative estimate of drug-likeness (QED) is 0.578. The lowest BCUT2D eigenvalue weighted by Crippen LogP contribution is -2.59. The van der Waals surface area contributed by atoms with Crippen LogP contribution in [0.5, 0.6) is 0 Å². The first-order chi connectivity index (χ1) is 14.2. The van der Waals surface area contributed by atoms with E-state index >= 15 is 0 Å². The van der Waals surface area contributed by atoms with Crippen molar-refractivity contribution in [1.29, 1.82) is 5.26 Å². The number of aromatic nitrogens is 1. The van der Waals surface area contributed by atoms with Crippen LogP contribution in [-0.4, -0.2) is 41.3 Å². The summed E-state index contributed by atoms with van der Waals surface area (Å²) in [6, 6.07) is 8.04. The first-order valence-corrected chi connectivity index (χ1v) is 8.28. The van der Waals surface area contributed by atoms with Crippen LogP contribution in [0.2, 0.25) is 0 Å². The summed E-state index contributed by atoms with van der Waals surface area (Å²) in [5.74, 6) is -21.0. The zero-order chi connectivity index (χ0) is 23.7. The Morgan fingerprint density at radius 3 is 2.00 bits per heavy atom. The molecular formula is C18H12F9N3O. The fraction of sp³-hybridized carbons (Fsp3) is 0.333. The predicted molar refractivity (Wildman–Crippen MR) is 89.8 cm³/mol. The van der Waals surface area contributed by atoms with Crippen molar-refractivity contribution >= 4 is 5.82 Å². The van der Waals surface area contributed by atoms with Gasteiger partial charge in [0, 0.05) is 12.1 Å². The molecule has 1 aromatic carbocycles. The molecule has 2 rings (SSSR count). The van der Waals surface area contributed by atoms with Gasteiger partial charge in [-0.1, -0.05) is 30.3 Å². The SMILES string of the molecule is N#Cc1c(C(F)(F)C(F)(F)C(F)(F)C(F)(F)F)cc(-c2ccccc2)nc1NCCO. The third-order valence-electron chi connectivity index (χ3n) is 4.09. The Bertz CT molecular complexity index is 970. The van der Waals surface area contributed by atoms with Crippen LogP contribution in [0.25, 0.3) is 11.3 Å². The van der Waals surface area contributed by atoms with Gasteiger partial charge >= 0.3 is 23.9 Å². The normalized spacial score (nSPS) is 13.1. The van der Waals surface area contributed by atoms with Crippen LogP contribution in [0.4, 0.5) is 45.3 Å². The van der Waals surface area contributed by atoms with Crippen molar-refractivity contribution in [3.63, 3.8) is 0 Å². The zero-order valence-electron chi connectivity index (χ0n) is 15.1. The number of alkyl halides is 9. The second-order valence-electron chi connectivity index (χ2n) is 6.13. The van der Waals surface area contributed by atoms with Gasteiger partial charge in [-0.15, -0.1) is 0 Å². The Balaban J connectivity index is 2.82. The van der Waals surface area contributed by atoms with Gasteiger partial charge in [0.25, 0.3) is 0 Å². The molecule has 2 N–H and O–H groups in total. The lowest BCUT2D eigenvalue weighted by atomic mass is 9.92. The standard InChI is InChI=1S/C18H12F9N3O/c19-15(20,16(21,22)17(23,24)18(25,26)27)12-8-13(10-4-2-1-3-5-10)30-14(11(12)9-28)29-6-7-31/h1-5,8,31H,6-7H2,(H,29,30). The molecule has 0 saturated carbocycles. The maximum Gasteiger partial charge on any atom is 0.460 e. The molecule has 1 aromatic heterocycles. The Kier molecular flexibility index (Phi) is 6.46. The Hall–Kier alpha value is -3.01. The van der Waals surface area contributed by atoms with Crippen LogP contribution in [0, 0.1) is 11.3 Å². The molecular weight excluding hydrogens is 445 g/mol. The van der Waals surface area contributed by atoms with E-state index in [1.807, 2.05) is 0 Å². The van der Waals surface area contributed by atoms with Gasteiger partial charge in [0.2, 0.25) is 0 Å². The van der Waals surface area contributed by atoms with E-state index < -0.39 is 59.7 Å². The van der Waals surface area contributed by atoms with Gasteiger partial charge in [0.05, 0.1) is 17.9 Å². The summed E-state index contributed by atoms with van der Waals surface area (Å²) < 4.78 is 121. The van der Waals surface area contributed by atoms with Gasteiger partial charge < -0.3 is 10.4 Å². The van der Waals surface area contributed by atoms with Crippen LogP contribution in [0.15, 0.2) is 36.4 Å². The number of pyridine rings is 1. The zero-order valence-corrected chi connectivity index (χ0v) is 15.1. The van der Waals surface area contributed by atoms with Crippen molar-refractivity contribution in [2.75, 3.05) is 18.5 Å². The predicted octanol–water partition coefficient (Wildman–Crippen LogP) is 4.95. The van der Waals surface area contributed by atoms with E-state index in [0.717, 1.165) is 6.07 Å². The van der Waals surface area contributed by atoms with Crippen molar-refractivity contribution in [1.82, 2.24) is 4.98 Å². The summed E-state index contributed by atoms with van der Waals surface area (Å²) in [6.45, 7) is -1.05. The summed E-state index contributed by atoms with van der Waals surface area (Å²) in [5.41, 5.74) is -3.96. The fourth-order valence-electron chi connectivity index (χ4n) is 2.51. The van der Waals surface area contributed by atoms with E-state index in [2.05, 4.69) is 10.3 Å². The van der Waals surface area contributed by atoms with E-state index in [4.69, 9.17) is 5.11 Å². The molecule has 13 heteroatoms. The van der Waals surface area contributed by atoms with Gasteiger partial charge in [-0.05, 0) is 6.07 Å². The highest BCUT2D eigenvalue weighted by atomic mass is 19.4. The minimum atomic E-state index is -7.12. The molecule has 0 amide bonds. The van der Waals surface area contributed by atoms with E-state index in [0.29, 0.717) is 0 Å². The minimum Gasteiger partial charge on any atom is -0.395 e. The van der Waals surface area contributed by atoms with Crippen molar-refractivity contribution < 1.29 is 44.6 Å². The highest BCUT2D eigenvalue weighted by molar-refractivity contribution is 5.68. The second kappa shape index (κ2) is 8.26. The molecule has 0 saturated heterocycles. The van der Waals surface area contributed by atoms with Gasteiger partial charge in [-0.3, -0.25) is 0 Å². The van der Waals surface area contributed by atoms with Gasteiger partial charge in [-0.2, -0.15) is 44.8 Å². The molecule has 4 nitrogen and oxygen atoms in total. The summed E-state index contributed by atoms with van der Waals surface area (Å²) in [7, 11) is 0. The summed E-state index contributed by atoms with van der Waals surface area (Å²) in [4.78, 5) is 3.79. The molecule has 0 spiro atoms. The first-order valence-electron chi connectivity index (χ1n) is 8.28. The maximum absolute atomic E-state index is 14.6. The van der Waals surface area contributed by atoms with E-state index in [1.165, 1.54) is 30.3 Å². The number of aliphatic hydroxyl groups is 1. The largest absolute Gasteiger partial charge is 0.460 e. The third kappa shape index (κ3) is 4.12. The van der Waals surface area contributed by atoms with Gasteiger partial charge in [0.15, 0.2) is 0 Å². The molecule has 168 valence electrons. The second-order valence-corrected chi connectivity index (χ2v) is 6.13. The molecule has 31 heavy (non-hydrogen) atoms. The molecule has 0 atom stereocenters. The van der Waals surface area contributed by atoms with Crippen LogP contribution in [-0.2, 0) is 5.92 Å². The number of nitriles is 1. The Labute approximate surface area is 168 Å². The van der Waals surface area contributed by atoms with Crippen molar-refractivity contribution in [3.8, 4) is 17.3 Å². The molecule has 0 aliphatic carbocycles. The average molecular weight is 457 g/mol. The number of anilines is 1. The van der Waals surface area contributed by atoms with Crippen LogP contribution in [0.3, 0.4) is 0 Å². The number of aliphatic hydroxyl groups excluding tert-OH is 1. The van der Waals surface area contributed by atoms with Crippen LogP contribution in [0.1, 0.15) is 11.1 Å². The van der Waals surface area contributed by atoms with Gasteiger partial charge in [-0.25, -0.2) is 4.98 Å². The molecule has 0 bridgehead atoms. The van der Waals surface area contributed by atoms with E-state index in [1.54, 1.807) is 0 Å². The topological polar surface area (TPSA) is 68.9 Å². The molecule has 1 heterocycles. The highest BCUT2D eigenvalue weighted by Crippen LogP contribution is 2.57. The Morgan fingerprint density at radius 2 is 1.52 bits per heavy atom. The number of nitrogens with one attached hydrogen (secondary N) is 1. The molecule has 0 aliphatic rings. The first kappa shape index (κ1) is 24.3. The number of hydrogen-bond donors (Lipinski definition) is 2. The molecule has 2 aromatic rings.